The molecule has 0 bridgehead atoms. The van der Waals surface area contributed by atoms with E-state index in [2.05, 4.69) is 18.2 Å². The van der Waals surface area contributed by atoms with Crippen LogP contribution in [0.2, 0.25) is 0 Å². The van der Waals surface area contributed by atoms with Crippen LogP contribution in [0.15, 0.2) is 36.4 Å². The average Bonchev–Trinajstić information content (AvgIpc) is 2.17. The second-order valence-corrected chi connectivity index (χ2v) is 3.40. The van der Waals surface area contributed by atoms with Gasteiger partial charge in [0.15, 0.2) is 0 Å². The Balaban J connectivity index is 0.00000112. The zero-order valence-electron chi connectivity index (χ0n) is 8.31. The maximum atomic E-state index is 9.33. The van der Waals surface area contributed by atoms with Crippen molar-refractivity contribution in [2.45, 2.75) is 6.42 Å². The van der Waals surface area contributed by atoms with Crippen molar-refractivity contribution in [1.29, 1.82) is 0 Å². The summed E-state index contributed by atoms with van der Waals surface area (Å²) < 4.78 is 0. The van der Waals surface area contributed by atoms with Crippen LogP contribution in [-0.2, 0) is 6.42 Å². The summed E-state index contributed by atoms with van der Waals surface area (Å²) in [5, 5.41) is 11.5. The molecular formula is C12H14BrNO. The molecule has 0 spiro atoms. The maximum absolute atomic E-state index is 9.33. The fraction of sp³-hybridized carbons (Fsp3) is 0.167. The molecule has 2 nitrogen and oxygen atoms in total. The van der Waals surface area contributed by atoms with Gasteiger partial charge in [-0.25, -0.2) is 0 Å². The van der Waals surface area contributed by atoms with Crippen molar-refractivity contribution in [1.82, 2.24) is 0 Å². The molecule has 0 atom stereocenters. The molecule has 0 saturated heterocycles. The summed E-state index contributed by atoms with van der Waals surface area (Å²) >= 11 is 0. The first-order valence-electron chi connectivity index (χ1n) is 4.71. The minimum atomic E-state index is 0. The Morgan fingerprint density at radius 2 is 1.73 bits per heavy atom. The highest BCUT2D eigenvalue weighted by molar-refractivity contribution is 8.93. The lowest BCUT2D eigenvalue weighted by Crippen LogP contribution is -2.02. The zero-order chi connectivity index (χ0) is 9.97. The Kier molecular flexibility index (Phi) is 4.12. The first kappa shape index (κ1) is 12.0. The Bertz CT molecular complexity index is 456. The summed E-state index contributed by atoms with van der Waals surface area (Å²) in [5.74, 6) is 0.308. The van der Waals surface area contributed by atoms with E-state index in [0.717, 1.165) is 17.2 Å². The second kappa shape index (κ2) is 5.14. The molecule has 3 heteroatoms. The molecule has 80 valence electrons. The van der Waals surface area contributed by atoms with E-state index in [9.17, 15) is 5.11 Å². The predicted octanol–water partition coefficient (Wildman–Crippen LogP) is 2.62. The van der Waals surface area contributed by atoms with Crippen molar-refractivity contribution in [3.63, 3.8) is 0 Å². The van der Waals surface area contributed by atoms with Crippen LogP contribution in [0, 0.1) is 0 Å². The molecule has 0 amide bonds. The van der Waals surface area contributed by atoms with Crippen LogP contribution in [0.5, 0.6) is 5.75 Å². The Labute approximate surface area is 99.5 Å². The van der Waals surface area contributed by atoms with Gasteiger partial charge in [0, 0.05) is 0 Å². The molecule has 0 aliphatic rings. The van der Waals surface area contributed by atoms with E-state index in [-0.39, 0.29) is 17.0 Å². The smallest absolute Gasteiger partial charge is 0.116 e. The fourth-order valence-corrected chi connectivity index (χ4v) is 1.61. The molecule has 0 heterocycles. The van der Waals surface area contributed by atoms with Crippen molar-refractivity contribution in [3.05, 3.63) is 42.0 Å². The number of halogens is 1. The van der Waals surface area contributed by atoms with Gasteiger partial charge in [0.25, 0.3) is 0 Å². The number of nitrogens with two attached hydrogens (primary N) is 1. The zero-order valence-corrected chi connectivity index (χ0v) is 10.0. The quantitative estimate of drug-likeness (QED) is 0.879. The van der Waals surface area contributed by atoms with E-state index < -0.39 is 0 Å². The van der Waals surface area contributed by atoms with E-state index in [4.69, 9.17) is 5.73 Å². The van der Waals surface area contributed by atoms with Crippen molar-refractivity contribution in [2.24, 2.45) is 5.73 Å². The summed E-state index contributed by atoms with van der Waals surface area (Å²) in [6.07, 6.45) is 0.881. The molecule has 3 N–H and O–H groups in total. The van der Waals surface area contributed by atoms with Gasteiger partial charge in [0.2, 0.25) is 0 Å². The Morgan fingerprint density at radius 3 is 2.47 bits per heavy atom. The van der Waals surface area contributed by atoms with Crippen molar-refractivity contribution in [2.75, 3.05) is 6.54 Å². The SMILES string of the molecule is Br.NCCc1ccc2ccc(O)cc2c1. The minimum absolute atomic E-state index is 0. The number of hydrogen-bond acceptors (Lipinski definition) is 2. The van der Waals surface area contributed by atoms with Crippen LogP contribution in [0.25, 0.3) is 10.8 Å². The van der Waals surface area contributed by atoms with Crippen molar-refractivity contribution >= 4 is 27.8 Å². The Hall–Kier alpha value is -1.06. The third-order valence-corrected chi connectivity index (χ3v) is 2.32. The monoisotopic (exact) mass is 267 g/mol. The lowest BCUT2D eigenvalue weighted by atomic mass is 10.1. The van der Waals surface area contributed by atoms with Crippen molar-refractivity contribution in [3.8, 4) is 5.75 Å². The molecule has 0 radical (unpaired) electrons. The maximum Gasteiger partial charge on any atom is 0.116 e. The number of hydrogen-bond donors (Lipinski definition) is 2. The summed E-state index contributed by atoms with van der Waals surface area (Å²) in [7, 11) is 0. The van der Waals surface area contributed by atoms with Gasteiger partial charge < -0.3 is 10.8 Å². The van der Waals surface area contributed by atoms with Gasteiger partial charge in [-0.3, -0.25) is 0 Å². The van der Waals surface area contributed by atoms with E-state index in [1.165, 1.54) is 5.56 Å². The van der Waals surface area contributed by atoms with Gasteiger partial charge in [-0.1, -0.05) is 24.3 Å². The molecule has 0 aliphatic heterocycles. The number of phenols is 1. The number of rotatable bonds is 2. The molecule has 15 heavy (non-hydrogen) atoms. The van der Waals surface area contributed by atoms with Gasteiger partial charge in [-0.15, -0.1) is 17.0 Å². The average molecular weight is 268 g/mol. The fourth-order valence-electron chi connectivity index (χ4n) is 1.61. The summed E-state index contributed by atoms with van der Waals surface area (Å²) in [4.78, 5) is 0. The van der Waals surface area contributed by atoms with E-state index in [1.54, 1.807) is 12.1 Å². The molecule has 0 aromatic heterocycles. The van der Waals surface area contributed by atoms with E-state index in [0.29, 0.717) is 12.3 Å². The largest absolute Gasteiger partial charge is 0.508 e. The van der Waals surface area contributed by atoms with Crippen LogP contribution in [-0.4, -0.2) is 11.7 Å². The van der Waals surface area contributed by atoms with Crippen LogP contribution in [0.1, 0.15) is 5.56 Å². The lowest BCUT2D eigenvalue weighted by Gasteiger charge is -2.02. The molecule has 2 aromatic carbocycles. The molecule has 0 unspecified atom stereocenters. The van der Waals surface area contributed by atoms with Gasteiger partial charge in [-0.05, 0) is 41.4 Å². The number of benzene rings is 2. The predicted molar refractivity (Wildman–Crippen MR) is 68.7 cm³/mol. The van der Waals surface area contributed by atoms with Crippen LogP contribution >= 0.6 is 17.0 Å². The van der Waals surface area contributed by atoms with Gasteiger partial charge in [0.1, 0.15) is 5.75 Å². The van der Waals surface area contributed by atoms with E-state index >= 15 is 0 Å². The molecule has 0 fully saturated rings. The van der Waals surface area contributed by atoms with Crippen LogP contribution in [0.3, 0.4) is 0 Å². The summed E-state index contributed by atoms with van der Waals surface area (Å²) in [6.45, 7) is 0.657. The third kappa shape index (κ3) is 2.70. The van der Waals surface area contributed by atoms with E-state index in [1.807, 2.05) is 6.07 Å². The Morgan fingerprint density at radius 1 is 1.00 bits per heavy atom. The lowest BCUT2D eigenvalue weighted by molar-refractivity contribution is 0.476. The normalized spacial score (nSPS) is 9.93. The van der Waals surface area contributed by atoms with Crippen molar-refractivity contribution < 1.29 is 5.11 Å². The minimum Gasteiger partial charge on any atom is -0.508 e. The molecule has 2 aromatic rings. The second-order valence-electron chi connectivity index (χ2n) is 3.40. The topological polar surface area (TPSA) is 46.2 Å². The van der Waals surface area contributed by atoms with Gasteiger partial charge >= 0.3 is 0 Å². The first-order valence-corrected chi connectivity index (χ1v) is 4.71. The highest BCUT2D eigenvalue weighted by Gasteiger charge is 1.97. The third-order valence-electron chi connectivity index (χ3n) is 2.32. The number of phenolic OH excluding ortho intramolecular Hbond substituents is 1. The van der Waals surface area contributed by atoms with Crippen LogP contribution in [0.4, 0.5) is 0 Å². The highest BCUT2D eigenvalue weighted by Crippen LogP contribution is 2.21. The van der Waals surface area contributed by atoms with Gasteiger partial charge in [0.05, 0.1) is 0 Å². The van der Waals surface area contributed by atoms with Gasteiger partial charge in [-0.2, -0.15) is 0 Å². The molecule has 0 saturated carbocycles. The molecular weight excluding hydrogens is 254 g/mol. The molecule has 0 aliphatic carbocycles. The first-order chi connectivity index (χ1) is 6.79. The van der Waals surface area contributed by atoms with Crippen LogP contribution < -0.4 is 5.73 Å². The number of aromatic hydroxyl groups is 1. The number of fused-ring (bicyclic) bond motifs is 1. The molecule has 2 rings (SSSR count). The summed E-state index contributed by atoms with van der Waals surface area (Å²) in [5.41, 5.74) is 6.70. The summed E-state index contributed by atoms with van der Waals surface area (Å²) in [6, 6.07) is 11.6. The standard InChI is InChI=1S/C12H13NO.BrH/c13-6-5-9-1-2-10-3-4-12(14)8-11(10)7-9;/h1-4,7-8,14H,5-6,13H2;1H. The highest BCUT2D eigenvalue weighted by atomic mass is 79.9.